The molecule has 0 aromatic rings. The lowest BCUT2D eigenvalue weighted by Crippen LogP contribution is -2.26. The maximum absolute atomic E-state index is 12.7. The number of halogens is 3. The van der Waals surface area contributed by atoms with Crippen LogP contribution in [0.3, 0.4) is 0 Å². The Balaban J connectivity index is 2.22. The molecule has 2 aliphatic rings. The fourth-order valence-electron chi connectivity index (χ4n) is 2.87. The lowest BCUT2D eigenvalue weighted by atomic mass is 9.70. The van der Waals surface area contributed by atoms with E-state index >= 15 is 0 Å². The van der Waals surface area contributed by atoms with Gasteiger partial charge in [0.25, 0.3) is 0 Å². The first-order valence-corrected chi connectivity index (χ1v) is 7.20. The summed E-state index contributed by atoms with van der Waals surface area (Å²) >= 11 is 0. The van der Waals surface area contributed by atoms with Crippen molar-refractivity contribution in [3.8, 4) is 0 Å². The summed E-state index contributed by atoms with van der Waals surface area (Å²) in [5, 5.41) is 0. The minimum absolute atomic E-state index is 0.0575. The van der Waals surface area contributed by atoms with E-state index in [2.05, 4.69) is 32.1 Å². The van der Waals surface area contributed by atoms with E-state index in [1.807, 2.05) is 0 Å². The molecule has 0 aromatic heterocycles. The first kappa shape index (κ1) is 15.1. The van der Waals surface area contributed by atoms with Crippen LogP contribution in [0.1, 0.15) is 39.5 Å². The van der Waals surface area contributed by atoms with Gasteiger partial charge in [-0.05, 0) is 36.8 Å². The molecule has 2 atom stereocenters. The summed E-state index contributed by atoms with van der Waals surface area (Å²) in [5.74, 6) is -1.33. The van der Waals surface area contributed by atoms with Crippen LogP contribution in [0.2, 0.25) is 0 Å². The first-order chi connectivity index (χ1) is 9.38. The van der Waals surface area contributed by atoms with Crippen LogP contribution < -0.4 is 0 Å². The number of allylic oxidation sites excluding steroid dienone is 8. The number of hydrogen-bond acceptors (Lipinski definition) is 0. The van der Waals surface area contributed by atoms with Crippen LogP contribution in [0.25, 0.3) is 0 Å². The molecule has 0 saturated heterocycles. The van der Waals surface area contributed by atoms with Crippen LogP contribution >= 0.6 is 0 Å². The highest BCUT2D eigenvalue weighted by Crippen LogP contribution is 2.44. The van der Waals surface area contributed by atoms with Gasteiger partial charge in [-0.15, -0.1) is 0 Å². The molecule has 2 rings (SSSR count). The van der Waals surface area contributed by atoms with E-state index in [-0.39, 0.29) is 11.8 Å². The topological polar surface area (TPSA) is 0 Å². The minimum atomic E-state index is -4.13. The lowest BCUT2D eigenvalue weighted by molar-refractivity contribution is -0.160. The molecular weight excluding hydrogens is 261 g/mol. The van der Waals surface area contributed by atoms with Crippen molar-refractivity contribution in [3.63, 3.8) is 0 Å². The van der Waals surface area contributed by atoms with E-state index in [9.17, 15) is 13.2 Å². The Hall–Kier alpha value is -1.25. The summed E-state index contributed by atoms with van der Waals surface area (Å²) in [6, 6.07) is 0. The van der Waals surface area contributed by atoms with Gasteiger partial charge in [-0.1, -0.05) is 50.3 Å². The van der Waals surface area contributed by atoms with Crippen LogP contribution in [-0.4, -0.2) is 6.18 Å². The van der Waals surface area contributed by atoms with Crippen LogP contribution in [0, 0.1) is 11.3 Å². The van der Waals surface area contributed by atoms with Crippen LogP contribution in [-0.2, 0) is 0 Å². The molecule has 0 nitrogen and oxygen atoms in total. The van der Waals surface area contributed by atoms with E-state index in [0.29, 0.717) is 0 Å². The Morgan fingerprint density at radius 2 is 1.80 bits per heavy atom. The van der Waals surface area contributed by atoms with Crippen molar-refractivity contribution in [1.82, 2.24) is 0 Å². The average molecular weight is 282 g/mol. The minimum Gasteiger partial charge on any atom is -0.170 e. The normalized spacial score (nSPS) is 25.9. The third-order valence-electron chi connectivity index (χ3n) is 4.50. The van der Waals surface area contributed by atoms with Gasteiger partial charge in [0.1, 0.15) is 0 Å². The van der Waals surface area contributed by atoms with Gasteiger partial charge in [0.05, 0.1) is 5.92 Å². The van der Waals surface area contributed by atoms with Crippen LogP contribution in [0.5, 0.6) is 0 Å². The molecule has 0 amide bonds. The fourth-order valence-corrected chi connectivity index (χ4v) is 2.87. The largest absolute Gasteiger partial charge is 0.395 e. The second-order valence-corrected chi connectivity index (χ2v) is 5.73. The predicted molar refractivity (Wildman–Crippen MR) is 76.2 cm³/mol. The van der Waals surface area contributed by atoms with Gasteiger partial charge in [-0.2, -0.15) is 13.2 Å². The zero-order valence-electron chi connectivity index (χ0n) is 12.0. The fraction of sp³-hybridized carbons (Fsp3) is 0.529. The van der Waals surface area contributed by atoms with Gasteiger partial charge in [0, 0.05) is 5.41 Å². The van der Waals surface area contributed by atoms with Crippen LogP contribution in [0.4, 0.5) is 13.2 Å². The molecule has 0 aliphatic heterocycles. The number of rotatable bonds is 3. The Morgan fingerprint density at radius 3 is 2.25 bits per heavy atom. The number of hydrogen-bond donors (Lipinski definition) is 0. The Kier molecular flexibility index (Phi) is 4.26. The molecule has 0 saturated carbocycles. The highest BCUT2D eigenvalue weighted by molar-refractivity contribution is 5.43. The maximum Gasteiger partial charge on any atom is 0.395 e. The van der Waals surface area contributed by atoms with Gasteiger partial charge < -0.3 is 0 Å². The van der Waals surface area contributed by atoms with Crippen molar-refractivity contribution >= 4 is 0 Å². The molecule has 2 aliphatic carbocycles. The van der Waals surface area contributed by atoms with Gasteiger partial charge in [0.2, 0.25) is 0 Å². The summed E-state index contributed by atoms with van der Waals surface area (Å²) in [7, 11) is 0. The van der Waals surface area contributed by atoms with Crippen molar-refractivity contribution in [1.29, 1.82) is 0 Å². The molecule has 0 fully saturated rings. The molecular formula is C17H21F3. The van der Waals surface area contributed by atoms with E-state index in [1.54, 1.807) is 12.2 Å². The molecule has 0 radical (unpaired) electrons. The van der Waals surface area contributed by atoms with Crippen molar-refractivity contribution in [2.75, 3.05) is 0 Å². The number of alkyl halides is 3. The smallest absolute Gasteiger partial charge is 0.170 e. The zero-order chi connectivity index (χ0) is 14.8. The van der Waals surface area contributed by atoms with Gasteiger partial charge in [-0.25, -0.2) is 0 Å². The summed E-state index contributed by atoms with van der Waals surface area (Å²) in [6.45, 7) is 4.21. The van der Waals surface area contributed by atoms with E-state index in [1.165, 1.54) is 11.6 Å². The first-order valence-electron chi connectivity index (χ1n) is 7.20. The van der Waals surface area contributed by atoms with Crippen LogP contribution in [0.15, 0.2) is 47.6 Å². The molecule has 0 spiro atoms. The highest BCUT2D eigenvalue weighted by atomic mass is 19.4. The van der Waals surface area contributed by atoms with Crippen molar-refractivity contribution < 1.29 is 13.2 Å². The van der Waals surface area contributed by atoms with E-state index in [4.69, 9.17) is 0 Å². The third kappa shape index (κ3) is 2.92. The van der Waals surface area contributed by atoms with Gasteiger partial charge in [0.15, 0.2) is 0 Å². The quantitative estimate of drug-likeness (QED) is 0.618. The predicted octanol–water partition coefficient (Wildman–Crippen LogP) is 5.74. The molecule has 0 heterocycles. The maximum atomic E-state index is 12.7. The Labute approximate surface area is 118 Å². The summed E-state index contributed by atoms with van der Waals surface area (Å²) in [6.07, 6.45) is 10.1. The Bertz CT molecular complexity index is 477. The van der Waals surface area contributed by atoms with E-state index in [0.717, 1.165) is 24.8 Å². The summed E-state index contributed by atoms with van der Waals surface area (Å²) in [4.78, 5) is 0. The molecule has 3 heteroatoms. The average Bonchev–Trinajstić information content (AvgIpc) is 2.46. The van der Waals surface area contributed by atoms with E-state index < -0.39 is 12.1 Å². The molecule has 0 bridgehead atoms. The highest BCUT2D eigenvalue weighted by Gasteiger charge is 2.39. The SMILES string of the molecule is CCC(C)(C1=CCCC=C1)C1=CCC(C(F)(F)F)C=C1. The second kappa shape index (κ2) is 5.63. The molecule has 20 heavy (non-hydrogen) atoms. The van der Waals surface area contributed by atoms with Gasteiger partial charge >= 0.3 is 6.18 Å². The van der Waals surface area contributed by atoms with Crippen molar-refractivity contribution in [2.45, 2.75) is 45.7 Å². The summed E-state index contributed by atoms with van der Waals surface area (Å²) in [5.41, 5.74) is 2.06. The zero-order valence-corrected chi connectivity index (χ0v) is 12.0. The lowest BCUT2D eigenvalue weighted by Gasteiger charge is -2.35. The molecule has 0 N–H and O–H groups in total. The van der Waals surface area contributed by atoms with Gasteiger partial charge in [-0.3, -0.25) is 0 Å². The summed E-state index contributed by atoms with van der Waals surface area (Å²) < 4.78 is 38.1. The Morgan fingerprint density at radius 1 is 1.10 bits per heavy atom. The molecule has 2 unspecified atom stereocenters. The monoisotopic (exact) mass is 282 g/mol. The molecule has 110 valence electrons. The second-order valence-electron chi connectivity index (χ2n) is 5.73. The molecule has 0 aromatic carbocycles. The van der Waals surface area contributed by atoms with Crippen molar-refractivity contribution in [3.05, 3.63) is 47.6 Å². The standard InChI is InChI=1S/C17H21F3/c1-3-16(2,13-7-5-4-6-8-13)14-9-11-15(12-10-14)17(18,19)20/h5,7-11,15H,3-4,6,12H2,1-2H3. The third-order valence-corrected chi connectivity index (χ3v) is 4.50. The van der Waals surface area contributed by atoms with Crippen molar-refractivity contribution in [2.24, 2.45) is 11.3 Å².